The first-order chi connectivity index (χ1) is 13.9. The zero-order valence-electron chi connectivity index (χ0n) is 16.2. The van der Waals surface area contributed by atoms with Crippen molar-refractivity contribution in [2.45, 2.75) is 25.8 Å². The van der Waals surface area contributed by atoms with E-state index >= 15 is 0 Å². The van der Waals surface area contributed by atoms with Crippen molar-refractivity contribution in [2.75, 3.05) is 18.4 Å². The van der Waals surface area contributed by atoms with Crippen LogP contribution in [0.1, 0.15) is 24.8 Å². The van der Waals surface area contributed by atoms with Gasteiger partial charge in [-0.05, 0) is 37.1 Å². The summed E-state index contributed by atoms with van der Waals surface area (Å²) in [5.41, 5.74) is 4.66. The van der Waals surface area contributed by atoms with Crippen LogP contribution in [0.4, 0.5) is 5.69 Å². The molecule has 3 nitrogen and oxygen atoms in total. The van der Waals surface area contributed by atoms with Gasteiger partial charge in [-0.2, -0.15) is 0 Å². The molecule has 0 radical (unpaired) electrons. The van der Waals surface area contributed by atoms with Crippen LogP contribution < -0.4 is 10.6 Å². The van der Waals surface area contributed by atoms with Gasteiger partial charge in [-0.3, -0.25) is 0 Å². The van der Waals surface area contributed by atoms with Crippen molar-refractivity contribution in [3.05, 3.63) is 84.4 Å². The number of benzene rings is 3. The Morgan fingerprint density at radius 1 is 0.607 bits per heavy atom. The zero-order chi connectivity index (χ0) is 19.0. The molecule has 0 fully saturated rings. The van der Waals surface area contributed by atoms with Gasteiger partial charge in [0.05, 0.1) is 16.7 Å². The topological polar surface area (TPSA) is 37.0 Å². The lowest BCUT2D eigenvalue weighted by atomic mass is 10.1. The minimum absolute atomic E-state index is 0.952. The van der Waals surface area contributed by atoms with E-state index in [1.807, 2.05) is 0 Å². The number of nitrogens with one attached hydrogen (secondary N) is 2. The average molecular weight is 370 g/mol. The molecule has 0 amide bonds. The van der Waals surface area contributed by atoms with Crippen molar-refractivity contribution in [3.63, 3.8) is 0 Å². The third-order valence-corrected chi connectivity index (χ3v) is 5.09. The molecule has 4 rings (SSSR count). The molecule has 0 bridgehead atoms. The first kappa shape index (κ1) is 18.5. The largest absolute Gasteiger partial charge is 0.384 e. The van der Waals surface area contributed by atoms with Gasteiger partial charge in [0, 0.05) is 23.9 Å². The van der Waals surface area contributed by atoms with E-state index in [0.717, 1.165) is 37.1 Å². The molecular weight excluding hydrogens is 342 g/mol. The lowest BCUT2D eigenvalue weighted by molar-refractivity contribution is 0.611. The Bertz CT molecular complexity index is 973. The highest BCUT2D eigenvalue weighted by Gasteiger charge is 2.07. The van der Waals surface area contributed by atoms with Crippen LogP contribution in [0, 0.1) is 0 Å². The summed E-state index contributed by atoms with van der Waals surface area (Å²) in [6.45, 7) is 3.00. The Morgan fingerprint density at radius 3 is 1.93 bits per heavy atom. The van der Waals surface area contributed by atoms with E-state index in [-0.39, 0.29) is 0 Å². The Labute approximate surface area is 166 Å². The summed E-state index contributed by atoms with van der Waals surface area (Å²) in [6.07, 6.45) is 3.58. The van der Waals surface area contributed by atoms with Gasteiger partial charge in [0.2, 0.25) is 0 Å². The number of anilines is 1. The standard InChI is InChI=1S/C25H27N3/c1-3-11-20(12-4-1)19-26-17-9-2-10-18-27-25-21-13-5-7-15-23(21)28-24-16-8-6-14-22(24)25/h1,3-8,11-16,26H,2,9-10,17-19H2,(H,27,28). The Hall–Kier alpha value is -2.91. The predicted octanol–water partition coefficient (Wildman–Crippen LogP) is 5.76. The van der Waals surface area contributed by atoms with Crippen LogP contribution in [0.3, 0.4) is 0 Å². The molecule has 0 saturated heterocycles. The van der Waals surface area contributed by atoms with E-state index in [1.165, 1.54) is 34.9 Å². The SMILES string of the molecule is c1ccc(CNCCCCCNc2c3ccccc3nc3ccccc23)cc1. The van der Waals surface area contributed by atoms with Crippen molar-refractivity contribution in [1.29, 1.82) is 0 Å². The molecule has 1 heterocycles. The minimum Gasteiger partial charge on any atom is -0.384 e. The molecule has 0 aliphatic heterocycles. The Balaban J connectivity index is 1.28. The van der Waals surface area contributed by atoms with E-state index in [2.05, 4.69) is 89.5 Å². The molecule has 0 saturated carbocycles. The highest BCUT2D eigenvalue weighted by atomic mass is 14.9. The Morgan fingerprint density at radius 2 is 1.21 bits per heavy atom. The molecule has 3 heteroatoms. The monoisotopic (exact) mass is 369 g/mol. The molecule has 28 heavy (non-hydrogen) atoms. The maximum atomic E-state index is 4.79. The molecule has 142 valence electrons. The van der Waals surface area contributed by atoms with Gasteiger partial charge in [0.1, 0.15) is 0 Å². The summed E-state index contributed by atoms with van der Waals surface area (Å²) in [4.78, 5) is 4.79. The fraction of sp³-hybridized carbons (Fsp3) is 0.240. The van der Waals surface area contributed by atoms with Crippen LogP contribution >= 0.6 is 0 Å². The first-order valence-electron chi connectivity index (χ1n) is 10.2. The summed E-state index contributed by atoms with van der Waals surface area (Å²) in [7, 11) is 0. The van der Waals surface area contributed by atoms with Crippen molar-refractivity contribution >= 4 is 27.5 Å². The zero-order valence-corrected chi connectivity index (χ0v) is 16.2. The maximum Gasteiger partial charge on any atom is 0.0730 e. The molecule has 0 aliphatic carbocycles. The summed E-state index contributed by atoms with van der Waals surface area (Å²) >= 11 is 0. The van der Waals surface area contributed by atoms with Gasteiger partial charge in [-0.1, -0.05) is 73.2 Å². The number of unbranched alkanes of at least 4 members (excludes halogenated alkanes) is 2. The van der Waals surface area contributed by atoms with Gasteiger partial charge in [-0.25, -0.2) is 4.98 Å². The Kier molecular flexibility index (Phi) is 6.15. The molecule has 0 atom stereocenters. The fourth-order valence-electron chi connectivity index (χ4n) is 3.62. The molecule has 4 aromatic rings. The number of hydrogen-bond acceptors (Lipinski definition) is 3. The smallest absolute Gasteiger partial charge is 0.0730 e. The normalized spacial score (nSPS) is 11.1. The molecule has 0 spiro atoms. The summed E-state index contributed by atoms with van der Waals surface area (Å²) in [5, 5.41) is 9.62. The molecule has 1 aromatic heterocycles. The van der Waals surface area contributed by atoms with Gasteiger partial charge in [-0.15, -0.1) is 0 Å². The quantitative estimate of drug-likeness (QED) is 0.291. The van der Waals surface area contributed by atoms with E-state index in [9.17, 15) is 0 Å². The van der Waals surface area contributed by atoms with Gasteiger partial charge < -0.3 is 10.6 Å². The number of aromatic nitrogens is 1. The molecular formula is C25H27N3. The minimum atomic E-state index is 0.952. The first-order valence-corrected chi connectivity index (χ1v) is 10.2. The summed E-state index contributed by atoms with van der Waals surface area (Å²) in [6, 6.07) is 27.3. The lowest BCUT2D eigenvalue weighted by Gasteiger charge is -2.13. The van der Waals surface area contributed by atoms with E-state index in [4.69, 9.17) is 4.98 Å². The molecule has 0 aliphatic rings. The van der Waals surface area contributed by atoms with Crippen LogP contribution in [-0.2, 0) is 6.54 Å². The van der Waals surface area contributed by atoms with Crippen LogP contribution in [0.2, 0.25) is 0 Å². The summed E-state index contributed by atoms with van der Waals surface area (Å²) in [5.74, 6) is 0. The van der Waals surface area contributed by atoms with E-state index in [1.54, 1.807) is 0 Å². The van der Waals surface area contributed by atoms with Crippen molar-refractivity contribution in [2.24, 2.45) is 0 Å². The second kappa shape index (κ2) is 9.34. The second-order valence-corrected chi connectivity index (χ2v) is 7.17. The number of fused-ring (bicyclic) bond motifs is 2. The summed E-state index contributed by atoms with van der Waals surface area (Å²) < 4.78 is 0. The average Bonchev–Trinajstić information content (AvgIpc) is 2.75. The van der Waals surface area contributed by atoms with Crippen LogP contribution in [0.5, 0.6) is 0 Å². The van der Waals surface area contributed by atoms with Gasteiger partial charge in [0.25, 0.3) is 0 Å². The second-order valence-electron chi connectivity index (χ2n) is 7.17. The number of nitrogens with zero attached hydrogens (tertiary/aromatic N) is 1. The van der Waals surface area contributed by atoms with E-state index < -0.39 is 0 Å². The maximum absolute atomic E-state index is 4.79. The number of para-hydroxylation sites is 2. The molecule has 2 N–H and O–H groups in total. The highest BCUT2D eigenvalue weighted by molar-refractivity contribution is 6.07. The number of rotatable bonds is 9. The van der Waals surface area contributed by atoms with Crippen LogP contribution in [-0.4, -0.2) is 18.1 Å². The van der Waals surface area contributed by atoms with Gasteiger partial charge >= 0.3 is 0 Å². The predicted molar refractivity (Wildman–Crippen MR) is 120 cm³/mol. The van der Waals surface area contributed by atoms with Crippen molar-refractivity contribution in [1.82, 2.24) is 10.3 Å². The molecule has 0 unspecified atom stereocenters. The third-order valence-electron chi connectivity index (χ3n) is 5.09. The lowest BCUT2D eigenvalue weighted by Crippen LogP contribution is -2.14. The highest BCUT2D eigenvalue weighted by Crippen LogP contribution is 2.30. The number of hydrogen-bond donors (Lipinski definition) is 2. The number of pyridine rings is 1. The van der Waals surface area contributed by atoms with Crippen molar-refractivity contribution < 1.29 is 0 Å². The van der Waals surface area contributed by atoms with Crippen molar-refractivity contribution in [3.8, 4) is 0 Å². The van der Waals surface area contributed by atoms with E-state index in [0.29, 0.717) is 0 Å². The third kappa shape index (κ3) is 4.49. The van der Waals surface area contributed by atoms with Gasteiger partial charge in [0.15, 0.2) is 0 Å². The molecule has 3 aromatic carbocycles. The van der Waals surface area contributed by atoms with Crippen LogP contribution in [0.15, 0.2) is 78.9 Å². The van der Waals surface area contributed by atoms with Crippen LogP contribution in [0.25, 0.3) is 21.8 Å². The fourth-order valence-corrected chi connectivity index (χ4v) is 3.62.